The molecule has 2 aromatic carbocycles. The molecule has 0 spiro atoms. The molecule has 2 aromatic rings. The molecule has 1 fully saturated rings. The lowest BCUT2D eigenvalue weighted by atomic mass is 10.2. The third-order valence-electron chi connectivity index (χ3n) is 4.31. The minimum Gasteiger partial charge on any atom is -0.489 e. The van der Waals surface area contributed by atoms with Crippen LogP contribution in [0.1, 0.15) is 11.1 Å². The molecule has 160 valence electrons. The number of thioether (sulfide) groups is 1. The maximum Gasteiger partial charge on any atom is 0.260 e. The highest BCUT2D eigenvalue weighted by molar-refractivity contribution is 8.00. The second kappa shape index (κ2) is 9.72. The van der Waals surface area contributed by atoms with E-state index in [1.54, 1.807) is 25.1 Å². The summed E-state index contributed by atoms with van der Waals surface area (Å²) in [5.41, 5.74) is 4.18. The highest BCUT2D eigenvalue weighted by Crippen LogP contribution is 2.25. The molecule has 0 unspecified atom stereocenters. The summed E-state index contributed by atoms with van der Waals surface area (Å²) in [6.45, 7) is 1.33. The Kier molecular flexibility index (Phi) is 7.27. The average Bonchev–Trinajstić information content (AvgIpc) is 2.64. The molecular formula is C20H22ClN3O4S2. The standard InChI is InChI=1S/C20H22ClN3O4S2/c1-14-9-16(21)5-8-19(14)24(30(2,26)27)11-20(25)23-22-10-15-3-6-17(7-4-15)28-18-12-29-13-18/h3-10,18H,11-13H2,1-2H3,(H,23,25)/b22-10-. The molecule has 3 rings (SSSR count). The second-order valence-corrected chi connectivity index (χ2v) is 10.3. The first kappa shape index (κ1) is 22.5. The fraction of sp³-hybridized carbons (Fsp3) is 0.300. The van der Waals surface area contributed by atoms with Crippen LogP contribution < -0.4 is 14.5 Å². The topological polar surface area (TPSA) is 88.1 Å². The Morgan fingerprint density at radius 3 is 2.57 bits per heavy atom. The van der Waals surface area contributed by atoms with Gasteiger partial charge in [-0.3, -0.25) is 9.10 Å². The number of anilines is 1. The number of rotatable bonds is 8. The van der Waals surface area contributed by atoms with Gasteiger partial charge in [-0.2, -0.15) is 16.9 Å². The normalized spacial score (nSPS) is 14.4. The van der Waals surface area contributed by atoms with Crippen LogP contribution in [0, 0.1) is 6.92 Å². The van der Waals surface area contributed by atoms with Crippen molar-refractivity contribution in [3.8, 4) is 5.75 Å². The fourth-order valence-electron chi connectivity index (χ4n) is 2.73. The third-order valence-corrected chi connectivity index (χ3v) is 6.88. The van der Waals surface area contributed by atoms with Crippen molar-refractivity contribution in [3.63, 3.8) is 0 Å². The Hall–Kier alpha value is -2.23. The van der Waals surface area contributed by atoms with Crippen LogP contribution in [-0.2, 0) is 14.8 Å². The minimum absolute atomic E-state index is 0.274. The number of aryl methyl sites for hydroxylation is 1. The van der Waals surface area contributed by atoms with Crippen LogP contribution in [0.25, 0.3) is 0 Å². The van der Waals surface area contributed by atoms with Crippen molar-refractivity contribution >= 4 is 51.2 Å². The molecule has 1 N–H and O–H groups in total. The predicted molar refractivity (Wildman–Crippen MR) is 122 cm³/mol. The van der Waals surface area contributed by atoms with Gasteiger partial charge in [-0.15, -0.1) is 0 Å². The van der Waals surface area contributed by atoms with E-state index in [0.717, 1.165) is 33.4 Å². The Balaban J connectivity index is 1.60. The lowest BCUT2D eigenvalue weighted by molar-refractivity contribution is -0.119. The van der Waals surface area contributed by atoms with Gasteiger partial charge in [-0.1, -0.05) is 11.6 Å². The van der Waals surface area contributed by atoms with Crippen LogP contribution in [0.4, 0.5) is 5.69 Å². The quantitative estimate of drug-likeness (QED) is 0.476. The summed E-state index contributed by atoms with van der Waals surface area (Å²) in [6.07, 6.45) is 2.80. The van der Waals surface area contributed by atoms with Crippen LogP contribution in [0.2, 0.25) is 5.02 Å². The zero-order valence-electron chi connectivity index (χ0n) is 16.5. The van der Waals surface area contributed by atoms with Gasteiger partial charge in [0, 0.05) is 16.5 Å². The summed E-state index contributed by atoms with van der Waals surface area (Å²) < 4.78 is 31.2. The van der Waals surface area contributed by atoms with E-state index >= 15 is 0 Å². The molecule has 0 radical (unpaired) electrons. The Labute approximate surface area is 185 Å². The van der Waals surface area contributed by atoms with Gasteiger partial charge in [0.1, 0.15) is 18.4 Å². The molecule has 0 bridgehead atoms. The summed E-state index contributed by atoms with van der Waals surface area (Å²) in [4.78, 5) is 12.3. The van der Waals surface area contributed by atoms with Gasteiger partial charge in [0.05, 0.1) is 18.2 Å². The first-order valence-electron chi connectivity index (χ1n) is 9.12. The highest BCUT2D eigenvalue weighted by atomic mass is 35.5. The zero-order valence-corrected chi connectivity index (χ0v) is 18.9. The monoisotopic (exact) mass is 467 g/mol. The SMILES string of the molecule is Cc1cc(Cl)ccc1N(CC(=O)N/N=C\c1ccc(OC2CSC2)cc1)S(C)(=O)=O. The van der Waals surface area contributed by atoms with Gasteiger partial charge in [-0.25, -0.2) is 13.8 Å². The van der Waals surface area contributed by atoms with Crippen LogP contribution in [0.5, 0.6) is 5.75 Å². The van der Waals surface area contributed by atoms with Crippen molar-refractivity contribution in [2.75, 3.05) is 28.6 Å². The Morgan fingerprint density at radius 1 is 1.30 bits per heavy atom. The second-order valence-electron chi connectivity index (χ2n) is 6.84. The van der Waals surface area contributed by atoms with Gasteiger partial charge in [-0.05, 0) is 60.5 Å². The van der Waals surface area contributed by atoms with Gasteiger partial charge >= 0.3 is 0 Å². The molecule has 1 saturated heterocycles. The Bertz CT molecular complexity index is 1040. The van der Waals surface area contributed by atoms with E-state index < -0.39 is 22.5 Å². The largest absolute Gasteiger partial charge is 0.489 e. The van der Waals surface area contributed by atoms with Crippen molar-refractivity contribution < 1.29 is 17.9 Å². The van der Waals surface area contributed by atoms with Crippen molar-refractivity contribution in [1.82, 2.24) is 5.43 Å². The lowest BCUT2D eigenvalue weighted by Gasteiger charge is -2.25. The number of carbonyl (C=O) groups is 1. The first-order chi connectivity index (χ1) is 14.2. The number of amides is 1. The van der Waals surface area contributed by atoms with E-state index in [-0.39, 0.29) is 6.10 Å². The molecule has 1 aliphatic heterocycles. The molecule has 0 saturated carbocycles. The van der Waals surface area contributed by atoms with Crippen molar-refractivity contribution in [2.24, 2.45) is 5.10 Å². The molecule has 0 aromatic heterocycles. The molecule has 1 heterocycles. The number of halogens is 1. The molecule has 30 heavy (non-hydrogen) atoms. The first-order valence-corrected chi connectivity index (χ1v) is 12.5. The van der Waals surface area contributed by atoms with Gasteiger partial charge in [0.25, 0.3) is 5.91 Å². The summed E-state index contributed by atoms with van der Waals surface area (Å²) in [7, 11) is -3.68. The van der Waals surface area contributed by atoms with E-state index in [0.29, 0.717) is 16.3 Å². The number of ether oxygens (including phenoxy) is 1. The number of hydrazone groups is 1. The number of nitrogens with one attached hydrogen (secondary N) is 1. The smallest absolute Gasteiger partial charge is 0.260 e. The van der Waals surface area contributed by atoms with E-state index in [1.165, 1.54) is 6.21 Å². The molecular weight excluding hydrogens is 446 g/mol. The number of carbonyl (C=O) groups excluding carboxylic acids is 1. The van der Waals surface area contributed by atoms with E-state index in [2.05, 4.69) is 10.5 Å². The molecule has 0 aliphatic carbocycles. The molecule has 7 nitrogen and oxygen atoms in total. The van der Waals surface area contributed by atoms with E-state index in [1.807, 2.05) is 36.0 Å². The number of nitrogens with zero attached hydrogens (tertiary/aromatic N) is 2. The van der Waals surface area contributed by atoms with Gasteiger partial charge in [0.15, 0.2) is 0 Å². The molecule has 10 heteroatoms. The molecule has 0 atom stereocenters. The van der Waals surface area contributed by atoms with Crippen molar-refractivity contribution in [1.29, 1.82) is 0 Å². The Morgan fingerprint density at radius 2 is 2.00 bits per heavy atom. The lowest BCUT2D eigenvalue weighted by Crippen LogP contribution is -2.39. The summed E-state index contributed by atoms with van der Waals surface area (Å²) in [5.74, 6) is 2.25. The summed E-state index contributed by atoms with van der Waals surface area (Å²) >= 11 is 7.79. The van der Waals surface area contributed by atoms with Crippen LogP contribution in [0.15, 0.2) is 47.6 Å². The zero-order chi connectivity index (χ0) is 21.7. The molecule has 1 amide bonds. The average molecular weight is 468 g/mol. The molecule has 1 aliphatic rings. The number of hydrogen-bond acceptors (Lipinski definition) is 6. The van der Waals surface area contributed by atoms with Crippen molar-refractivity contribution in [3.05, 3.63) is 58.6 Å². The van der Waals surface area contributed by atoms with Gasteiger partial charge < -0.3 is 4.74 Å². The van der Waals surface area contributed by atoms with Crippen LogP contribution in [-0.4, -0.2) is 50.9 Å². The number of benzene rings is 2. The minimum atomic E-state index is -3.68. The number of sulfonamides is 1. The van der Waals surface area contributed by atoms with Crippen molar-refractivity contribution in [2.45, 2.75) is 13.0 Å². The fourth-order valence-corrected chi connectivity index (χ4v) is 4.44. The number of hydrogen-bond donors (Lipinski definition) is 1. The van der Waals surface area contributed by atoms with Crippen LogP contribution >= 0.6 is 23.4 Å². The predicted octanol–water partition coefficient (Wildman–Crippen LogP) is 3.06. The van der Waals surface area contributed by atoms with E-state index in [9.17, 15) is 13.2 Å². The summed E-state index contributed by atoms with van der Waals surface area (Å²) in [6, 6.07) is 12.1. The van der Waals surface area contributed by atoms with Gasteiger partial charge in [0.2, 0.25) is 10.0 Å². The maximum absolute atomic E-state index is 12.3. The van der Waals surface area contributed by atoms with Crippen LogP contribution in [0.3, 0.4) is 0 Å². The summed E-state index contributed by atoms with van der Waals surface area (Å²) in [5, 5.41) is 4.40. The van der Waals surface area contributed by atoms with E-state index in [4.69, 9.17) is 16.3 Å². The maximum atomic E-state index is 12.3. The highest BCUT2D eigenvalue weighted by Gasteiger charge is 2.22. The third kappa shape index (κ3) is 6.13.